The molecular weight excluding hydrogens is 216 g/mol. The van der Waals surface area contributed by atoms with Crippen LogP contribution in [0.4, 0.5) is 5.69 Å². The molecule has 1 atom stereocenters. The summed E-state index contributed by atoms with van der Waals surface area (Å²) in [5.74, 6) is 1.16. The Morgan fingerprint density at radius 3 is 2.44 bits per heavy atom. The van der Waals surface area contributed by atoms with Crippen molar-refractivity contribution in [3.05, 3.63) is 29.8 Å². The van der Waals surface area contributed by atoms with Gasteiger partial charge in [0, 0.05) is 31.1 Å². The van der Waals surface area contributed by atoms with E-state index in [-0.39, 0.29) is 6.04 Å². The Labute approximate surface area is 103 Å². The third-order valence-corrected chi connectivity index (χ3v) is 3.42. The van der Waals surface area contributed by atoms with Gasteiger partial charge in [-0.1, -0.05) is 19.1 Å². The van der Waals surface area contributed by atoms with Gasteiger partial charge in [0.15, 0.2) is 0 Å². The Hall–Kier alpha value is -0.670. The Kier molecular flexibility index (Phi) is 5.71. The Morgan fingerprint density at radius 1 is 1.31 bits per heavy atom. The van der Waals surface area contributed by atoms with Crippen LogP contribution in [0.1, 0.15) is 24.9 Å². The molecule has 1 rings (SSSR count). The van der Waals surface area contributed by atoms with Gasteiger partial charge in [0.05, 0.1) is 0 Å². The summed E-state index contributed by atoms with van der Waals surface area (Å²) in [6.07, 6.45) is 3.12. The smallest absolute Gasteiger partial charge is 0.0364 e. The predicted octanol–water partition coefficient (Wildman–Crippen LogP) is 2.90. The van der Waals surface area contributed by atoms with Gasteiger partial charge in [-0.05, 0) is 30.4 Å². The molecule has 1 aromatic carbocycles. The van der Waals surface area contributed by atoms with Gasteiger partial charge in [0.25, 0.3) is 0 Å². The fraction of sp³-hybridized carbons (Fsp3) is 0.538. The number of nitrogens with two attached hydrogens (primary N) is 1. The number of thioether (sulfide) groups is 1. The summed E-state index contributed by atoms with van der Waals surface area (Å²) in [5, 5.41) is 0. The average Bonchev–Trinajstić information content (AvgIpc) is 2.35. The molecule has 0 aliphatic carbocycles. The van der Waals surface area contributed by atoms with E-state index in [1.807, 2.05) is 11.8 Å². The quantitative estimate of drug-likeness (QED) is 0.826. The lowest BCUT2D eigenvalue weighted by molar-refractivity contribution is 0.698. The summed E-state index contributed by atoms with van der Waals surface area (Å²) in [4.78, 5) is 2.28. The molecule has 0 heterocycles. The van der Waals surface area contributed by atoms with Crippen molar-refractivity contribution in [2.24, 2.45) is 5.73 Å². The van der Waals surface area contributed by atoms with Gasteiger partial charge in [0.2, 0.25) is 0 Å². The van der Waals surface area contributed by atoms with Gasteiger partial charge in [-0.2, -0.15) is 11.8 Å². The van der Waals surface area contributed by atoms with Gasteiger partial charge < -0.3 is 10.6 Å². The molecule has 0 aromatic heterocycles. The maximum atomic E-state index is 5.98. The highest BCUT2D eigenvalue weighted by molar-refractivity contribution is 7.98. The van der Waals surface area contributed by atoms with Crippen molar-refractivity contribution in [3.63, 3.8) is 0 Å². The molecule has 90 valence electrons. The number of rotatable bonds is 6. The van der Waals surface area contributed by atoms with Crippen LogP contribution in [0.25, 0.3) is 0 Å². The first kappa shape index (κ1) is 13.4. The molecule has 0 aliphatic heterocycles. The maximum Gasteiger partial charge on any atom is 0.0364 e. The van der Waals surface area contributed by atoms with Gasteiger partial charge >= 0.3 is 0 Å². The van der Waals surface area contributed by atoms with E-state index in [2.05, 4.69) is 49.4 Å². The summed E-state index contributed by atoms with van der Waals surface area (Å²) >= 11 is 1.87. The number of anilines is 1. The van der Waals surface area contributed by atoms with E-state index < -0.39 is 0 Å². The van der Waals surface area contributed by atoms with Crippen LogP contribution in [0.5, 0.6) is 0 Å². The maximum absolute atomic E-state index is 5.98. The SMILES string of the molecule is CC[C@@H](N)c1ccc(N(C)CCSC)cc1. The molecule has 0 amide bonds. The van der Waals surface area contributed by atoms with Crippen LogP contribution in [-0.2, 0) is 0 Å². The summed E-state index contributed by atoms with van der Waals surface area (Å²) in [6.45, 7) is 3.20. The molecule has 0 fully saturated rings. The molecule has 0 bridgehead atoms. The Balaban J connectivity index is 2.63. The monoisotopic (exact) mass is 238 g/mol. The third-order valence-electron chi connectivity index (χ3n) is 2.83. The van der Waals surface area contributed by atoms with E-state index in [0.717, 1.165) is 18.7 Å². The van der Waals surface area contributed by atoms with Gasteiger partial charge in [-0.3, -0.25) is 0 Å². The summed E-state index contributed by atoms with van der Waals surface area (Å²) in [6, 6.07) is 8.76. The zero-order valence-corrected chi connectivity index (χ0v) is 11.3. The molecule has 16 heavy (non-hydrogen) atoms. The summed E-state index contributed by atoms with van der Waals surface area (Å²) < 4.78 is 0. The highest BCUT2D eigenvalue weighted by atomic mass is 32.2. The predicted molar refractivity (Wildman–Crippen MR) is 75.3 cm³/mol. The van der Waals surface area contributed by atoms with E-state index in [4.69, 9.17) is 5.73 Å². The third kappa shape index (κ3) is 3.72. The second kappa shape index (κ2) is 6.81. The molecule has 0 saturated heterocycles. The van der Waals surface area contributed by atoms with Crippen LogP contribution >= 0.6 is 11.8 Å². The largest absolute Gasteiger partial charge is 0.374 e. The normalized spacial score (nSPS) is 12.5. The topological polar surface area (TPSA) is 29.3 Å². The molecular formula is C13H22N2S. The number of nitrogens with zero attached hydrogens (tertiary/aromatic N) is 1. The van der Waals surface area contributed by atoms with Crippen molar-refractivity contribution in [1.82, 2.24) is 0 Å². The van der Waals surface area contributed by atoms with Crippen molar-refractivity contribution < 1.29 is 0 Å². The summed E-state index contributed by atoms with van der Waals surface area (Å²) in [5.41, 5.74) is 8.48. The van der Waals surface area contributed by atoms with E-state index >= 15 is 0 Å². The van der Waals surface area contributed by atoms with E-state index in [1.54, 1.807) is 0 Å². The number of benzene rings is 1. The first-order valence-corrected chi connectivity index (χ1v) is 7.14. The fourth-order valence-electron chi connectivity index (χ4n) is 1.57. The molecule has 0 aliphatic rings. The van der Waals surface area contributed by atoms with Crippen LogP contribution in [0, 0.1) is 0 Å². The van der Waals surface area contributed by atoms with Crippen molar-refractivity contribution >= 4 is 17.4 Å². The molecule has 0 saturated carbocycles. The van der Waals surface area contributed by atoms with Gasteiger partial charge in [0.1, 0.15) is 0 Å². The molecule has 0 unspecified atom stereocenters. The molecule has 0 radical (unpaired) electrons. The van der Waals surface area contributed by atoms with Crippen molar-refractivity contribution in [2.45, 2.75) is 19.4 Å². The van der Waals surface area contributed by atoms with E-state index in [9.17, 15) is 0 Å². The fourth-order valence-corrected chi connectivity index (χ4v) is 2.03. The first-order valence-electron chi connectivity index (χ1n) is 5.74. The van der Waals surface area contributed by atoms with Crippen molar-refractivity contribution in [3.8, 4) is 0 Å². The number of hydrogen-bond acceptors (Lipinski definition) is 3. The molecule has 2 N–H and O–H groups in total. The van der Waals surface area contributed by atoms with Crippen molar-refractivity contribution in [1.29, 1.82) is 0 Å². The van der Waals surface area contributed by atoms with Crippen LogP contribution in [0.3, 0.4) is 0 Å². The zero-order valence-electron chi connectivity index (χ0n) is 10.4. The molecule has 0 spiro atoms. The zero-order chi connectivity index (χ0) is 12.0. The van der Waals surface area contributed by atoms with Crippen molar-refractivity contribution in [2.75, 3.05) is 30.5 Å². The van der Waals surface area contributed by atoms with Crippen LogP contribution in [0.2, 0.25) is 0 Å². The van der Waals surface area contributed by atoms with Crippen LogP contribution < -0.4 is 10.6 Å². The van der Waals surface area contributed by atoms with Gasteiger partial charge in [-0.25, -0.2) is 0 Å². The second-order valence-corrected chi connectivity index (χ2v) is 5.01. The van der Waals surface area contributed by atoms with Crippen LogP contribution in [-0.4, -0.2) is 25.6 Å². The van der Waals surface area contributed by atoms with Crippen LogP contribution in [0.15, 0.2) is 24.3 Å². The second-order valence-electron chi connectivity index (χ2n) is 4.02. The highest BCUT2D eigenvalue weighted by Gasteiger charge is 2.04. The summed E-state index contributed by atoms with van der Waals surface area (Å²) in [7, 11) is 2.13. The van der Waals surface area contributed by atoms with E-state index in [1.165, 1.54) is 11.3 Å². The molecule has 3 heteroatoms. The lowest BCUT2D eigenvalue weighted by atomic mass is 10.1. The molecule has 2 nitrogen and oxygen atoms in total. The highest BCUT2D eigenvalue weighted by Crippen LogP contribution is 2.19. The van der Waals surface area contributed by atoms with E-state index in [0.29, 0.717) is 0 Å². The standard InChI is InChI=1S/C13H22N2S/c1-4-13(14)11-5-7-12(8-6-11)15(2)9-10-16-3/h5-8,13H,4,9-10,14H2,1-3H3/t13-/m1/s1. The minimum atomic E-state index is 0.172. The molecule has 1 aromatic rings. The number of hydrogen-bond donors (Lipinski definition) is 1. The lowest BCUT2D eigenvalue weighted by Gasteiger charge is -2.19. The Morgan fingerprint density at radius 2 is 1.94 bits per heavy atom. The average molecular weight is 238 g/mol. The van der Waals surface area contributed by atoms with Gasteiger partial charge in [-0.15, -0.1) is 0 Å². The minimum absolute atomic E-state index is 0.172. The first-order chi connectivity index (χ1) is 7.69. The Bertz CT molecular complexity index is 297. The lowest BCUT2D eigenvalue weighted by Crippen LogP contribution is -2.20. The minimum Gasteiger partial charge on any atom is -0.374 e.